The molecule has 2 aromatic rings. The maximum Gasteiger partial charge on any atom is 0.148 e. The van der Waals surface area contributed by atoms with Crippen LogP contribution in [0.15, 0.2) is 36.4 Å². The number of ether oxygens (including phenoxy) is 1. The van der Waals surface area contributed by atoms with Gasteiger partial charge < -0.3 is 9.84 Å². The van der Waals surface area contributed by atoms with Crippen molar-refractivity contribution in [2.75, 3.05) is 0 Å². The number of nitriles is 1. The fourth-order valence-corrected chi connectivity index (χ4v) is 1.61. The fourth-order valence-electron chi connectivity index (χ4n) is 1.61. The summed E-state index contributed by atoms with van der Waals surface area (Å²) in [7, 11) is 0. The van der Waals surface area contributed by atoms with Gasteiger partial charge in [-0.1, -0.05) is 6.07 Å². The first-order valence-electron chi connectivity index (χ1n) is 5.27. The molecule has 0 bridgehead atoms. The van der Waals surface area contributed by atoms with Gasteiger partial charge in [0.05, 0.1) is 0 Å². The van der Waals surface area contributed by atoms with Crippen LogP contribution in [0.2, 0.25) is 0 Å². The van der Waals surface area contributed by atoms with E-state index in [2.05, 4.69) is 0 Å². The first-order chi connectivity index (χ1) is 8.60. The van der Waals surface area contributed by atoms with Gasteiger partial charge in [0.25, 0.3) is 0 Å². The molecule has 0 saturated heterocycles. The Kier molecular flexibility index (Phi) is 3.16. The molecule has 3 nitrogen and oxygen atoms in total. The largest absolute Gasteiger partial charge is 0.508 e. The van der Waals surface area contributed by atoms with Crippen LogP contribution < -0.4 is 4.74 Å². The highest BCUT2D eigenvalue weighted by Gasteiger charge is 2.10. The predicted molar refractivity (Wildman–Crippen MR) is 64.0 cm³/mol. The topological polar surface area (TPSA) is 53.2 Å². The minimum absolute atomic E-state index is 0.0555. The van der Waals surface area contributed by atoms with Crippen LogP contribution in [0.25, 0.3) is 0 Å². The molecule has 0 spiro atoms. The molecule has 1 N–H and O–H groups in total. The number of rotatable bonds is 2. The summed E-state index contributed by atoms with van der Waals surface area (Å²) in [6.07, 6.45) is 0. The van der Waals surface area contributed by atoms with Gasteiger partial charge in [0, 0.05) is 6.07 Å². The van der Waals surface area contributed by atoms with E-state index in [1.165, 1.54) is 24.3 Å². The Bertz CT molecular complexity index is 612. The molecule has 0 aliphatic heterocycles. The number of benzene rings is 2. The number of phenols is 1. The third-order valence-corrected chi connectivity index (χ3v) is 2.35. The molecule has 0 saturated carbocycles. The molecule has 0 aliphatic carbocycles. The van der Waals surface area contributed by atoms with Crippen molar-refractivity contribution in [2.45, 2.75) is 6.92 Å². The zero-order valence-electron chi connectivity index (χ0n) is 9.64. The molecular formula is C14H10FNO2. The van der Waals surface area contributed by atoms with Gasteiger partial charge in [0.15, 0.2) is 0 Å². The Hall–Kier alpha value is -2.54. The van der Waals surface area contributed by atoms with Crippen LogP contribution in [-0.2, 0) is 0 Å². The molecule has 0 aromatic heterocycles. The van der Waals surface area contributed by atoms with Crippen LogP contribution in [-0.4, -0.2) is 5.11 Å². The smallest absolute Gasteiger partial charge is 0.148 e. The van der Waals surface area contributed by atoms with Crippen molar-refractivity contribution in [2.24, 2.45) is 0 Å². The Balaban J connectivity index is 2.40. The summed E-state index contributed by atoms with van der Waals surface area (Å²) < 4.78 is 18.8. The minimum Gasteiger partial charge on any atom is -0.508 e. The Morgan fingerprint density at radius 1 is 1.28 bits per heavy atom. The molecule has 2 rings (SSSR count). The van der Waals surface area contributed by atoms with Gasteiger partial charge >= 0.3 is 0 Å². The maximum atomic E-state index is 13.4. The van der Waals surface area contributed by atoms with Gasteiger partial charge in [0.1, 0.15) is 34.7 Å². The predicted octanol–water partition coefficient (Wildman–Crippen LogP) is 3.50. The van der Waals surface area contributed by atoms with Crippen LogP contribution in [0.5, 0.6) is 17.2 Å². The summed E-state index contributed by atoms with van der Waals surface area (Å²) in [4.78, 5) is 0. The van der Waals surface area contributed by atoms with Crippen LogP contribution in [0.3, 0.4) is 0 Å². The number of aromatic hydroxyl groups is 1. The molecule has 0 fully saturated rings. The lowest BCUT2D eigenvalue weighted by Gasteiger charge is -2.08. The van der Waals surface area contributed by atoms with E-state index in [4.69, 9.17) is 10.00 Å². The highest BCUT2D eigenvalue weighted by Crippen LogP contribution is 2.29. The summed E-state index contributed by atoms with van der Waals surface area (Å²) in [6, 6.07) is 10.6. The van der Waals surface area contributed by atoms with Crippen molar-refractivity contribution < 1.29 is 14.2 Å². The Morgan fingerprint density at radius 3 is 2.72 bits per heavy atom. The Morgan fingerprint density at radius 2 is 2.06 bits per heavy atom. The van der Waals surface area contributed by atoms with E-state index in [-0.39, 0.29) is 17.1 Å². The highest BCUT2D eigenvalue weighted by molar-refractivity contribution is 5.47. The van der Waals surface area contributed by atoms with Crippen LogP contribution >= 0.6 is 0 Å². The quantitative estimate of drug-likeness (QED) is 0.878. The highest BCUT2D eigenvalue weighted by atomic mass is 19.1. The van der Waals surface area contributed by atoms with Gasteiger partial charge in [-0.2, -0.15) is 5.26 Å². The minimum atomic E-state index is -0.633. The maximum absolute atomic E-state index is 13.4. The Labute approximate surface area is 104 Å². The summed E-state index contributed by atoms with van der Waals surface area (Å²) >= 11 is 0. The SMILES string of the molecule is Cc1cc(O)cc(Oc2cccc(F)c2C#N)c1. The molecule has 0 radical (unpaired) electrons. The van der Waals surface area contributed by atoms with Crippen molar-refractivity contribution in [1.82, 2.24) is 0 Å². The molecule has 0 unspecified atom stereocenters. The molecular weight excluding hydrogens is 233 g/mol. The second-order valence-corrected chi connectivity index (χ2v) is 3.83. The monoisotopic (exact) mass is 243 g/mol. The van der Waals surface area contributed by atoms with E-state index < -0.39 is 5.82 Å². The third-order valence-electron chi connectivity index (χ3n) is 2.35. The van der Waals surface area contributed by atoms with E-state index in [0.717, 1.165) is 5.56 Å². The molecule has 0 aliphatic rings. The fraction of sp³-hybridized carbons (Fsp3) is 0.0714. The average molecular weight is 243 g/mol. The number of phenolic OH excluding ortho intramolecular Hbond substituents is 1. The van der Waals surface area contributed by atoms with Crippen LogP contribution in [0.1, 0.15) is 11.1 Å². The van der Waals surface area contributed by atoms with Crippen molar-refractivity contribution in [3.63, 3.8) is 0 Å². The number of halogens is 1. The van der Waals surface area contributed by atoms with Gasteiger partial charge in [-0.05, 0) is 36.8 Å². The van der Waals surface area contributed by atoms with Gasteiger partial charge in [-0.25, -0.2) is 4.39 Å². The summed E-state index contributed by atoms with van der Waals surface area (Å²) in [6.45, 7) is 1.80. The molecule has 0 heterocycles. The van der Waals surface area contributed by atoms with Gasteiger partial charge in [-0.3, -0.25) is 0 Å². The van der Waals surface area contributed by atoms with E-state index in [9.17, 15) is 9.50 Å². The van der Waals surface area contributed by atoms with Crippen LogP contribution in [0, 0.1) is 24.1 Å². The summed E-state index contributed by atoms with van der Waals surface area (Å²) in [5.41, 5.74) is 0.651. The molecule has 4 heteroatoms. The zero-order valence-corrected chi connectivity index (χ0v) is 9.64. The summed E-state index contributed by atoms with van der Waals surface area (Å²) in [5, 5.41) is 18.3. The first-order valence-corrected chi connectivity index (χ1v) is 5.27. The molecule has 0 amide bonds. The standard InChI is InChI=1S/C14H10FNO2/c1-9-5-10(17)7-11(6-9)18-14-4-2-3-13(15)12(14)8-16/h2-7,17H,1H3. The second-order valence-electron chi connectivity index (χ2n) is 3.83. The third kappa shape index (κ3) is 2.41. The van der Waals surface area contributed by atoms with Crippen molar-refractivity contribution in [3.05, 3.63) is 53.3 Å². The van der Waals surface area contributed by atoms with E-state index >= 15 is 0 Å². The first kappa shape index (κ1) is 11.9. The lowest BCUT2D eigenvalue weighted by Crippen LogP contribution is -1.91. The zero-order chi connectivity index (χ0) is 13.1. The van der Waals surface area contributed by atoms with E-state index in [0.29, 0.717) is 5.75 Å². The van der Waals surface area contributed by atoms with Crippen LogP contribution in [0.4, 0.5) is 4.39 Å². The lowest BCUT2D eigenvalue weighted by atomic mass is 10.2. The van der Waals surface area contributed by atoms with Gasteiger partial charge in [0.2, 0.25) is 0 Å². The van der Waals surface area contributed by atoms with E-state index in [1.54, 1.807) is 25.1 Å². The number of hydrogen-bond acceptors (Lipinski definition) is 3. The van der Waals surface area contributed by atoms with E-state index in [1.807, 2.05) is 0 Å². The lowest BCUT2D eigenvalue weighted by molar-refractivity contribution is 0.451. The van der Waals surface area contributed by atoms with Crippen molar-refractivity contribution >= 4 is 0 Å². The molecule has 90 valence electrons. The summed E-state index contributed by atoms with van der Waals surface area (Å²) in [5.74, 6) is -0.0936. The molecule has 2 aromatic carbocycles. The van der Waals surface area contributed by atoms with Gasteiger partial charge in [-0.15, -0.1) is 0 Å². The average Bonchev–Trinajstić information content (AvgIpc) is 2.27. The van der Waals surface area contributed by atoms with Crippen molar-refractivity contribution in [1.29, 1.82) is 5.26 Å². The number of aryl methyl sites for hydroxylation is 1. The second kappa shape index (κ2) is 4.76. The van der Waals surface area contributed by atoms with Crippen molar-refractivity contribution in [3.8, 4) is 23.3 Å². The molecule has 18 heavy (non-hydrogen) atoms. The molecule has 0 atom stereocenters. The normalized spacial score (nSPS) is 9.83. The number of nitrogens with zero attached hydrogens (tertiary/aromatic N) is 1. The number of hydrogen-bond donors (Lipinski definition) is 1.